The Kier molecular flexibility index (Phi) is 17.8. The van der Waals surface area contributed by atoms with Crippen molar-refractivity contribution in [2.75, 3.05) is 4.90 Å². The van der Waals surface area contributed by atoms with Crippen LogP contribution in [0.2, 0.25) is 0 Å². The molecular weight excluding hydrogens is 1510 g/mol. The highest BCUT2D eigenvalue weighted by molar-refractivity contribution is 6.22. The Balaban J connectivity index is 0.620. The van der Waals surface area contributed by atoms with Gasteiger partial charge < -0.3 is 14.0 Å². The first kappa shape index (κ1) is 72.8. The number of benzene rings is 20. The van der Waals surface area contributed by atoms with Crippen LogP contribution in [0, 0.1) is 0 Å². The molecule has 24 rings (SSSR count). The minimum absolute atomic E-state index is 0.140. The van der Waals surface area contributed by atoms with Crippen molar-refractivity contribution >= 4 is 82.1 Å². The van der Waals surface area contributed by atoms with E-state index in [0.29, 0.717) is 0 Å². The fourth-order valence-corrected chi connectivity index (χ4v) is 20.2. The number of aromatic nitrogens is 2. The zero-order chi connectivity index (χ0) is 82.4. The fraction of sp³-hybridized carbons (Fsp3) is 0.0164. The van der Waals surface area contributed by atoms with Crippen LogP contribution in [-0.4, -0.2) is 9.13 Å². The summed E-state index contributed by atoms with van der Waals surface area (Å²) < 4.78 is 4.94. The minimum Gasteiger partial charge on any atom is -0.313 e. The average molecular weight is 1590 g/mol. The van der Waals surface area contributed by atoms with Gasteiger partial charge in [-0.05, 0) is 294 Å². The number of fused-ring (bicyclic) bond motifs is 11. The molecule has 0 N–H and O–H groups in total. The van der Waals surface area contributed by atoms with Gasteiger partial charge in [0.25, 0.3) is 0 Å². The third-order valence-electron chi connectivity index (χ3n) is 26.2. The molecule has 2 aliphatic rings. The van der Waals surface area contributed by atoms with Gasteiger partial charge in [-0.25, -0.2) is 0 Å². The van der Waals surface area contributed by atoms with Crippen molar-refractivity contribution in [2.24, 2.45) is 0 Å². The first-order valence-corrected chi connectivity index (χ1v) is 43.4. The molecule has 3 nitrogen and oxygen atoms in total. The lowest BCUT2D eigenvalue weighted by atomic mass is 9.83. The maximum atomic E-state index is 2.52. The molecule has 1 aliphatic heterocycles. The van der Waals surface area contributed by atoms with Crippen LogP contribution in [0.3, 0.4) is 0 Å². The summed E-state index contributed by atoms with van der Waals surface area (Å²) in [6.07, 6.45) is 5.65. The first-order valence-electron chi connectivity index (χ1n) is 43.4. The van der Waals surface area contributed by atoms with Gasteiger partial charge in [-0.1, -0.05) is 346 Å². The second-order valence-electron chi connectivity index (χ2n) is 33.4. The fourth-order valence-electron chi connectivity index (χ4n) is 20.2. The Labute approximate surface area is 727 Å². The SMILES string of the molecule is C1=C(c2cccc(-c3ccccc3)c2)CC2C(=C1)N(c1ccc(-c3ccc4c(c3)c3cc(-c5ccc(-n6c7ccc(-c8cccc(-c9ccccc9)c8)cc7c7cc(-c8cccc(-c9ccccc9)c8)ccc76)cc5)ccc3n4-c3ccc(-c4c5ccccc5c(-c5ccccc5)c5ccccc45)cc3)cc1)c1ccc(-c3cccc(-c4ccccc4)c3)cc12. The monoisotopic (exact) mass is 1590 g/mol. The molecule has 0 bridgehead atoms. The molecule has 0 radical (unpaired) electrons. The van der Waals surface area contributed by atoms with Crippen molar-refractivity contribution in [3.63, 3.8) is 0 Å². The molecule has 1 aliphatic carbocycles. The summed E-state index contributed by atoms with van der Waals surface area (Å²) in [6.45, 7) is 0. The van der Waals surface area contributed by atoms with Crippen molar-refractivity contribution < 1.29 is 0 Å². The number of allylic oxidation sites excluding steroid dienone is 4. The van der Waals surface area contributed by atoms with E-state index in [0.717, 1.165) is 67.8 Å². The lowest BCUT2D eigenvalue weighted by Gasteiger charge is -2.26. The summed E-state index contributed by atoms with van der Waals surface area (Å²) in [7, 11) is 0. The summed E-state index contributed by atoms with van der Waals surface area (Å²) in [5.74, 6) is 0.140. The van der Waals surface area contributed by atoms with E-state index in [1.54, 1.807) is 0 Å². The number of hydrogen-bond acceptors (Lipinski definition) is 1. The average Bonchev–Trinajstić information content (AvgIpc) is 1.66. The van der Waals surface area contributed by atoms with Gasteiger partial charge in [-0.2, -0.15) is 0 Å². The van der Waals surface area contributed by atoms with E-state index in [-0.39, 0.29) is 5.92 Å². The van der Waals surface area contributed by atoms with Gasteiger partial charge in [-0.3, -0.25) is 0 Å². The Morgan fingerprint density at radius 3 is 0.808 bits per heavy atom. The van der Waals surface area contributed by atoms with Crippen molar-refractivity contribution in [1.29, 1.82) is 0 Å². The molecule has 22 aromatic rings. The smallest absolute Gasteiger partial charge is 0.0541 e. The van der Waals surface area contributed by atoms with Crippen LogP contribution >= 0.6 is 0 Å². The summed E-state index contributed by atoms with van der Waals surface area (Å²) in [4.78, 5) is 2.52. The van der Waals surface area contributed by atoms with Gasteiger partial charge in [0.15, 0.2) is 0 Å². The second kappa shape index (κ2) is 30.5. The number of anilines is 2. The van der Waals surface area contributed by atoms with Gasteiger partial charge in [-0.15, -0.1) is 0 Å². The molecule has 0 saturated carbocycles. The molecule has 0 fully saturated rings. The lowest BCUT2D eigenvalue weighted by Crippen LogP contribution is -2.15. The van der Waals surface area contributed by atoms with E-state index in [9.17, 15) is 0 Å². The van der Waals surface area contributed by atoms with E-state index >= 15 is 0 Å². The molecule has 0 saturated heterocycles. The lowest BCUT2D eigenvalue weighted by molar-refractivity contribution is 0.832. The van der Waals surface area contributed by atoms with Crippen molar-refractivity contribution in [1.82, 2.24) is 9.13 Å². The number of hydrogen-bond donors (Lipinski definition) is 0. The normalized spacial score (nSPS) is 13.1. The zero-order valence-electron chi connectivity index (χ0n) is 68.7. The van der Waals surface area contributed by atoms with Gasteiger partial charge >= 0.3 is 0 Å². The molecule has 1 atom stereocenters. The van der Waals surface area contributed by atoms with E-state index in [4.69, 9.17) is 0 Å². The molecule has 0 spiro atoms. The van der Waals surface area contributed by atoms with E-state index in [1.165, 1.54) is 171 Å². The third-order valence-corrected chi connectivity index (χ3v) is 26.2. The maximum absolute atomic E-state index is 2.52. The summed E-state index contributed by atoms with van der Waals surface area (Å²) in [5.41, 5.74) is 40.7. The van der Waals surface area contributed by atoms with Crippen LogP contribution in [0.5, 0.6) is 0 Å². The van der Waals surface area contributed by atoms with Crippen LogP contribution < -0.4 is 4.90 Å². The number of rotatable bonds is 15. The van der Waals surface area contributed by atoms with Crippen molar-refractivity contribution in [2.45, 2.75) is 12.3 Å². The van der Waals surface area contributed by atoms with Gasteiger partial charge in [0.1, 0.15) is 0 Å². The molecule has 584 valence electrons. The summed E-state index contributed by atoms with van der Waals surface area (Å²) in [5, 5.41) is 9.74. The quantitative estimate of drug-likeness (QED) is 0.0933. The first-order chi connectivity index (χ1) is 61.9. The molecule has 125 heavy (non-hydrogen) atoms. The predicted molar refractivity (Wildman–Crippen MR) is 528 cm³/mol. The molecule has 20 aromatic carbocycles. The topological polar surface area (TPSA) is 13.1 Å². The molecule has 3 heteroatoms. The summed E-state index contributed by atoms with van der Waals surface area (Å²) >= 11 is 0. The Bertz CT molecular complexity index is 7860. The van der Waals surface area contributed by atoms with E-state index in [2.05, 4.69) is 487 Å². The maximum Gasteiger partial charge on any atom is 0.0541 e. The Morgan fingerprint density at radius 2 is 0.432 bits per heavy atom. The predicted octanol–water partition coefficient (Wildman–Crippen LogP) is 33.1. The van der Waals surface area contributed by atoms with E-state index < -0.39 is 0 Å². The third kappa shape index (κ3) is 12.9. The number of nitrogens with zero attached hydrogens (tertiary/aromatic N) is 3. The van der Waals surface area contributed by atoms with Crippen LogP contribution in [0.4, 0.5) is 11.4 Å². The zero-order valence-corrected chi connectivity index (χ0v) is 68.7. The van der Waals surface area contributed by atoms with Gasteiger partial charge in [0.2, 0.25) is 0 Å². The van der Waals surface area contributed by atoms with Gasteiger partial charge in [0, 0.05) is 55.9 Å². The van der Waals surface area contributed by atoms with E-state index in [1.807, 2.05) is 0 Å². The largest absolute Gasteiger partial charge is 0.313 e. The van der Waals surface area contributed by atoms with Crippen LogP contribution in [-0.2, 0) is 0 Å². The highest BCUT2D eigenvalue weighted by Gasteiger charge is 2.37. The second-order valence-corrected chi connectivity index (χ2v) is 33.4. The molecular formula is C122H81N3. The Hall–Kier alpha value is -16.2. The Morgan fingerprint density at radius 1 is 0.176 bits per heavy atom. The highest BCUT2D eigenvalue weighted by atomic mass is 15.2. The molecule has 3 heterocycles. The van der Waals surface area contributed by atoms with Gasteiger partial charge in [0.05, 0.1) is 22.1 Å². The summed E-state index contributed by atoms with van der Waals surface area (Å²) in [6, 6.07) is 171. The molecule has 0 amide bonds. The van der Waals surface area contributed by atoms with Crippen LogP contribution in [0.15, 0.2) is 479 Å². The molecule has 1 unspecified atom stereocenters. The highest BCUT2D eigenvalue weighted by Crippen LogP contribution is 2.55. The van der Waals surface area contributed by atoms with Crippen LogP contribution in [0.1, 0.15) is 23.5 Å². The van der Waals surface area contributed by atoms with Crippen molar-refractivity contribution in [3.05, 3.63) is 490 Å². The minimum atomic E-state index is 0.140. The standard InChI is InChI=1S/C122H81N3/c1-6-24-80(25-7-1)88-34-20-38-92(70-88)98-54-66-117-111(76-98)112-77-99(93-39-21-35-89(71-93)81-26-8-2-9-27-81)55-67-118(112)123(117)102-58-46-84(47-59-102)96-52-64-115-109(74-96)110-75-97(53-65-116(110)125(115)104-62-50-87(51-63-104)122-107-44-18-16-42-105(107)121(86-32-14-5-15-33-86)106-43-17-19-45-108(106)122)85-48-60-103(61-49-85)124-119-68-56-100(94-40-22-36-90(72-94)82-28-10-3-11-29-82)78-113(119)114-79-101(57-69-120(114)124)95-41-23-37-91(73-95)83-30-12-4-13-31-83/h1-78,114H,79H2. The molecule has 2 aromatic heterocycles. The van der Waals surface area contributed by atoms with Crippen LogP contribution in [0.25, 0.3) is 205 Å². The van der Waals surface area contributed by atoms with Crippen molar-refractivity contribution in [3.8, 4) is 134 Å².